The van der Waals surface area contributed by atoms with Crippen LogP contribution in [0.2, 0.25) is 0 Å². The summed E-state index contributed by atoms with van der Waals surface area (Å²) < 4.78 is 0. The monoisotopic (exact) mass is 388 g/mol. The zero-order valence-electron chi connectivity index (χ0n) is 17.9. The Hall–Kier alpha value is -0.900. The minimum Gasteiger partial charge on any atom is -0.396 e. The lowest BCUT2D eigenvalue weighted by molar-refractivity contribution is 0.0925. The van der Waals surface area contributed by atoms with E-state index >= 15 is 0 Å². The molecule has 0 aromatic heterocycles. The first-order chi connectivity index (χ1) is 13.4. The van der Waals surface area contributed by atoms with Crippen LogP contribution >= 0.6 is 0 Å². The number of rotatable bonds is 6. The molecule has 0 radical (unpaired) electrons. The summed E-state index contributed by atoms with van der Waals surface area (Å²) in [4.78, 5) is 0. The zero-order valence-corrected chi connectivity index (χ0v) is 17.9. The Morgan fingerprint density at radius 2 is 1.86 bits per heavy atom. The predicted octanol–water partition coefficient (Wildman–Crippen LogP) is 4.93. The van der Waals surface area contributed by atoms with E-state index in [1.807, 2.05) is 0 Å². The minimum absolute atomic E-state index is 0.315. The van der Waals surface area contributed by atoms with E-state index < -0.39 is 12.2 Å². The van der Waals surface area contributed by atoms with Gasteiger partial charge >= 0.3 is 0 Å². The molecule has 6 atom stereocenters. The number of aliphatic hydroxyl groups excluding tert-OH is 3. The largest absolute Gasteiger partial charge is 0.396 e. The summed E-state index contributed by atoms with van der Waals surface area (Å²) in [6.07, 6.45) is 14.2. The highest BCUT2D eigenvalue weighted by molar-refractivity contribution is 5.29. The van der Waals surface area contributed by atoms with E-state index in [2.05, 4.69) is 32.6 Å². The second-order valence-electron chi connectivity index (χ2n) is 9.87. The summed E-state index contributed by atoms with van der Waals surface area (Å²) in [6.45, 7) is 9.07. The van der Waals surface area contributed by atoms with Crippen LogP contribution in [0.3, 0.4) is 0 Å². The highest BCUT2D eigenvalue weighted by Gasteiger charge is 2.50. The molecule has 0 saturated heterocycles. The summed E-state index contributed by atoms with van der Waals surface area (Å²) in [5.41, 5.74) is 3.68. The van der Waals surface area contributed by atoms with Crippen molar-refractivity contribution < 1.29 is 15.3 Å². The SMILES string of the molecule is C=C1[C@H](O)CC(=C/C=C2\CCC[C@@]3(C)C2CCC3[C@H](C)CCCCO)C[C@H]1O. The van der Waals surface area contributed by atoms with Crippen molar-refractivity contribution in [2.75, 3.05) is 6.61 Å². The molecule has 0 spiro atoms. The second kappa shape index (κ2) is 9.28. The molecule has 0 aliphatic heterocycles. The minimum atomic E-state index is -0.611. The van der Waals surface area contributed by atoms with E-state index in [1.54, 1.807) is 5.57 Å². The molecule has 0 bridgehead atoms. The van der Waals surface area contributed by atoms with Crippen molar-refractivity contribution in [3.63, 3.8) is 0 Å². The van der Waals surface area contributed by atoms with Gasteiger partial charge in [-0.2, -0.15) is 0 Å². The van der Waals surface area contributed by atoms with Gasteiger partial charge in [-0.25, -0.2) is 0 Å². The molecule has 3 aliphatic rings. The summed E-state index contributed by atoms with van der Waals surface area (Å²) >= 11 is 0. The van der Waals surface area contributed by atoms with Gasteiger partial charge in [-0.15, -0.1) is 0 Å². The molecule has 3 saturated carbocycles. The van der Waals surface area contributed by atoms with Gasteiger partial charge in [-0.3, -0.25) is 0 Å². The van der Waals surface area contributed by atoms with Gasteiger partial charge in [-0.05, 0) is 80.1 Å². The Balaban J connectivity index is 1.70. The predicted molar refractivity (Wildman–Crippen MR) is 115 cm³/mol. The van der Waals surface area contributed by atoms with Crippen molar-refractivity contribution in [3.8, 4) is 0 Å². The van der Waals surface area contributed by atoms with Gasteiger partial charge in [0.05, 0.1) is 12.2 Å². The molecule has 3 N–H and O–H groups in total. The number of hydrogen-bond acceptors (Lipinski definition) is 3. The summed E-state index contributed by atoms with van der Waals surface area (Å²) in [7, 11) is 0. The van der Waals surface area contributed by atoms with Crippen molar-refractivity contribution >= 4 is 0 Å². The van der Waals surface area contributed by atoms with Crippen LogP contribution in [0.1, 0.15) is 78.1 Å². The molecule has 158 valence electrons. The van der Waals surface area contributed by atoms with Crippen LogP contribution < -0.4 is 0 Å². The molecule has 0 amide bonds. The molecule has 0 aromatic rings. The molecule has 3 fully saturated rings. The van der Waals surface area contributed by atoms with Crippen LogP contribution in [0.4, 0.5) is 0 Å². The first-order valence-electron chi connectivity index (χ1n) is 11.4. The number of aliphatic hydroxyl groups is 3. The second-order valence-corrected chi connectivity index (χ2v) is 9.87. The topological polar surface area (TPSA) is 60.7 Å². The van der Waals surface area contributed by atoms with Crippen LogP contribution in [0.25, 0.3) is 0 Å². The normalized spacial score (nSPS) is 38.5. The van der Waals surface area contributed by atoms with Crippen LogP contribution in [0.5, 0.6) is 0 Å². The van der Waals surface area contributed by atoms with Gasteiger partial charge in [0.1, 0.15) is 0 Å². The third-order valence-corrected chi connectivity index (χ3v) is 8.09. The zero-order chi connectivity index (χ0) is 20.3. The molecule has 28 heavy (non-hydrogen) atoms. The highest BCUT2D eigenvalue weighted by atomic mass is 16.3. The first kappa shape index (κ1) is 21.8. The third kappa shape index (κ3) is 4.47. The molecule has 2 unspecified atom stereocenters. The van der Waals surface area contributed by atoms with Gasteiger partial charge in [0, 0.05) is 6.61 Å². The van der Waals surface area contributed by atoms with E-state index in [4.69, 9.17) is 5.11 Å². The van der Waals surface area contributed by atoms with Crippen LogP contribution in [0, 0.1) is 23.2 Å². The number of hydrogen-bond donors (Lipinski definition) is 3. The maximum Gasteiger partial charge on any atom is 0.0809 e. The lowest BCUT2D eigenvalue weighted by Crippen LogP contribution is -2.36. The van der Waals surface area contributed by atoms with Crippen LogP contribution in [0.15, 0.2) is 35.5 Å². The van der Waals surface area contributed by atoms with Gasteiger partial charge in [-0.1, -0.05) is 56.6 Å². The number of allylic oxidation sites excluding steroid dienone is 3. The Kier molecular flexibility index (Phi) is 7.22. The fraction of sp³-hybridized carbons (Fsp3) is 0.760. The van der Waals surface area contributed by atoms with Crippen molar-refractivity contribution in [3.05, 3.63) is 35.5 Å². The number of fused-ring (bicyclic) bond motifs is 1. The maximum absolute atomic E-state index is 10.1. The number of unbranched alkanes of at least 4 members (excludes halogenated alkanes) is 1. The fourth-order valence-electron chi connectivity index (χ4n) is 6.42. The molecule has 0 aromatic carbocycles. The molecule has 3 aliphatic carbocycles. The molecule has 3 rings (SSSR count). The standard InChI is InChI=1S/C25H40O3/c1-17(7-4-5-14-26)21-11-12-22-20(8-6-13-25(21,22)3)10-9-19-15-23(27)18(2)24(28)16-19/h9-10,17,21-24,26-28H,2,4-8,11-16H2,1,3H3/b20-10+/t17-,21?,22?,23-,24-,25-/m1/s1. The Morgan fingerprint density at radius 3 is 2.54 bits per heavy atom. The van der Waals surface area contributed by atoms with Gasteiger partial charge < -0.3 is 15.3 Å². The molecule has 3 nitrogen and oxygen atoms in total. The smallest absolute Gasteiger partial charge is 0.0809 e. The van der Waals surface area contributed by atoms with E-state index in [0.29, 0.717) is 36.4 Å². The average Bonchev–Trinajstić information content (AvgIpc) is 3.02. The van der Waals surface area contributed by atoms with Crippen molar-refractivity contribution in [1.82, 2.24) is 0 Å². The molecular formula is C25H40O3. The maximum atomic E-state index is 10.1. The van der Waals surface area contributed by atoms with Gasteiger partial charge in [0.15, 0.2) is 0 Å². The van der Waals surface area contributed by atoms with E-state index in [0.717, 1.165) is 30.3 Å². The quantitative estimate of drug-likeness (QED) is 0.447. The Bertz CT molecular complexity index is 603. The third-order valence-electron chi connectivity index (χ3n) is 8.09. The van der Waals surface area contributed by atoms with E-state index in [1.165, 1.54) is 38.5 Å². The summed E-state index contributed by atoms with van der Waals surface area (Å²) in [5.74, 6) is 2.19. The van der Waals surface area contributed by atoms with Crippen molar-refractivity contribution in [2.45, 2.75) is 90.3 Å². The van der Waals surface area contributed by atoms with Crippen molar-refractivity contribution in [2.24, 2.45) is 23.2 Å². The van der Waals surface area contributed by atoms with Crippen LogP contribution in [-0.4, -0.2) is 34.1 Å². The molecule has 3 heteroatoms. The highest BCUT2D eigenvalue weighted by Crippen LogP contribution is 2.59. The lowest BCUT2D eigenvalue weighted by Gasteiger charge is -2.44. The lowest BCUT2D eigenvalue weighted by atomic mass is 9.60. The average molecular weight is 389 g/mol. The van der Waals surface area contributed by atoms with Gasteiger partial charge in [0.2, 0.25) is 0 Å². The first-order valence-corrected chi connectivity index (χ1v) is 11.4. The van der Waals surface area contributed by atoms with Gasteiger partial charge in [0.25, 0.3) is 0 Å². The summed E-state index contributed by atoms with van der Waals surface area (Å²) in [6, 6.07) is 0. The van der Waals surface area contributed by atoms with Crippen molar-refractivity contribution in [1.29, 1.82) is 0 Å². The molecular weight excluding hydrogens is 348 g/mol. The van der Waals surface area contributed by atoms with Crippen LogP contribution in [-0.2, 0) is 0 Å². The van der Waals surface area contributed by atoms with E-state index in [-0.39, 0.29) is 0 Å². The fourth-order valence-corrected chi connectivity index (χ4v) is 6.42. The molecule has 0 heterocycles. The summed E-state index contributed by atoms with van der Waals surface area (Å²) in [5, 5.41) is 29.3. The Morgan fingerprint density at radius 1 is 1.14 bits per heavy atom. The Labute approximate surface area is 171 Å². The van der Waals surface area contributed by atoms with E-state index in [9.17, 15) is 10.2 Å².